The zero-order valence-electron chi connectivity index (χ0n) is 23.9. The van der Waals surface area contributed by atoms with Gasteiger partial charge in [0.2, 0.25) is 0 Å². The summed E-state index contributed by atoms with van der Waals surface area (Å²) in [4.78, 5) is 0. The second-order valence-corrected chi connectivity index (χ2v) is 15.3. The molecule has 3 aromatic rings. The Morgan fingerprint density at radius 1 is 0.850 bits per heavy atom. The summed E-state index contributed by atoms with van der Waals surface area (Å²) in [5.41, 5.74) is 0.431. The number of aliphatic hydroxyl groups excluding tert-OH is 1. The number of para-hydroxylation sites is 1. The highest BCUT2D eigenvalue weighted by Crippen LogP contribution is 2.33. The molecule has 0 saturated carbocycles. The Labute approximate surface area is 238 Å². The summed E-state index contributed by atoms with van der Waals surface area (Å²) in [5.74, 6) is -5.12. The van der Waals surface area contributed by atoms with Gasteiger partial charge in [0.05, 0.1) is 42.4 Å². The van der Waals surface area contributed by atoms with Crippen molar-refractivity contribution in [2.75, 3.05) is 6.61 Å². The lowest BCUT2D eigenvalue weighted by atomic mass is 10.0. The topological polar surface area (TPSA) is 91.6 Å². The van der Waals surface area contributed by atoms with Gasteiger partial charge in [-0.2, -0.15) is 8.78 Å². The second-order valence-electron chi connectivity index (χ2n) is 11.3. The number of aliphatic hydroxyl groups is 1. The Balaban J connectivity index is 0.000000281. The van der Waals surface area contributed by atoms with Crippen LogP contribution in [0.2, 0.25) is 0 Å². The maximum Gasteiger partial charge on any atom is 0.298 e. The number of alkyl halides is 2. The third-order valence-electron chi connectivity index (χ3n) is 5.82. The van der Waals surface area contributed by atoms with Crippen molar-refractivity contribution >= 4 is 32.9 Å². The van der Waals surface area contributed by atoms with Crippen molar-refractivity contribution in [3.63, 3.8) is 0 Å². The monoisotopic (exact) mass is 606 g/mol. The number of hydrogen-bond donors (Lipinski definition) is 3. The van der Waals surface area contributed by atoms with Crippen molar-refractivity contribution in [3.05, 3.63) is 71.0 Å². The minimum Gasteiger partial charge on any atom is -0.461 e. The summed E-state index contributed by atoms with van der Waals surface area (Å²) in [6.45, 7) is 12.9. The lowest BCUT2D eigenvalue weighted by Gasteiger charge is -2.23. The fourth-order valence-electron chi connectivity index (χ4n) is 3.44. The lowest BCUT2D eigenvalue weighted by molar-refractivity contribution is -0.0584. The maximum absolute atomic E-state index is 14.2. The average molecular weight is 607 g/mol. The average Bonchev–Trinajstić information content (AvgIpc) is 3.24. The van der Waals surface area contributed by atoms with Crippen LogP contribution < -0.4 is 9.44 Å². The maximum atomic E-state index is 14.2. The highest BCUT2D eigenvalue weighted by atomic mass is 32.2. The van der Waals surface area contributed by atoms with Crippen LogP contribution in [0, 0.1) is 11.6 Å². The molecule has 3 rings (SSSR count). The van der Waals surface area contributed by atoms with Crippen molar-refractivity contribution in [2.45, 2.75) is 82.9 Å². The summed E-state index contributed by atoms with van der Waals surface area (Å²) >= 11 is 0. The molecule has 4 atom stereocenters. The third-order valence-corrected chi connectivity index (χ3v) is 9.18. The molecule has 224 valence electrons. The smallest absolute Gasteiger partial charge is 0.298 e. The van der Waals surface area contributed by atoms with Crippen LogP contribution in [0.25, 0.3) is 11.0 Å². The Hall–Kier alpha value is -2.12. The minimum atomic E-state index is -3.65. The first-order chi connectivity index (χ1) is 18.3. The van der Waals surface area contributed by atoms with Crippen LogP contribution in [0.3, 0.4) is 0 Å². The van der Waals surface area contributed by atoms with E-state index < -0.39 is 56.7 Å². The number of halogens is 4. The van der Waals surface area contributed by atoms with Gasteiger partial charge in [0.1, 0.15) is 24.3 Å². The molecule has 0 aliphatic heterocycles. The molecule has 6 nitrogen and oxygen atoms in total. The standard InChI is InChI=1S/C14H20F3NO2S.C14H18FNO2S/c1-9(18-21(20)13(2,3)4)10-6-5-7-11(12(10)15)14(16,17)8-19;1-9(16-19(17)14(2,3)4)10-6-5-7-11-12(15)8-18-13(10)11/h5-7,9,18-19H,8H2,1-4H3;5-9,16H,1-4H3/t9-,21-;9-,19-/m11/s1. The van der Waals surface area contributed by atoms with Gasteiger partial charge in [-0.25, -0.2) is 26.6 Å². The third kappa shape index (κ3) is 8.45. The molecule has 0 bridgehead atoms. The molecule has 3 N–H and O–H groups in total. The lowest BCUT2D eigenvalue weighted by Crippen LogP contribution is -2.35. The number of rotatable bonds is 8. The summed E-state index contributed by atoms with van der Waals surface area (Å²) in [5, 5.41) is 9.12. The van der Waals surface area contributed by atoms with E-state index in [1.54, 1.807) is 39.8 Å². The fraction of sp³-hybridized carbons (Fsp3) is 0.500. The molecule has 2 aromatic carbocycles. The van der Waals surface area contributed by atoms with E-state index in [4.69, 9.17) is 9.52 Å². The van der Waals surface area contributed by atoms with E-state index in [1.165, 1.54) is 12.1 Å². The molecule has 0 spiro atoms. The first-order valence-corrected chi connectivity index (χ1v) is 14.9. The molecule has 0 saturated heterocycles. The highest BCUT2D eigenvalue weighted by Gasteiger charge is 2.35. The molecule has 12 heteroatoms. The van der Waals surface area contributed by atoms with Gasteiger partial charge in [-0.05, 0) is 67.5 Å². The van der Waals surface area contributed by atoms with Crippen LogP contribution in [0.5, 0.6) is 0 Å². The molecule has 1 aromatic heterocycles. The van der Waals surface area contributed by atoms with Crippen molar-refractivity contribution in [3.8, 4) is 0 Å². The molecule has 40 heavy (non-hydrogen) atoms. The van der Waals surface area contributed by atoms with Crippen molar-refractivity contribution in [2.24, 2.45) is 0 Å². The Kier molecular flexibility index (Phi) is 11.3. The van der Waals surface area contributed by atoms with Crippen LogP contribution >= 0.6 is 0 Å². The van der Waals surface area contributed by atoms with Crippen LogP contribution in [-0.4, -0.2) is 29.6 Å². The largest absolute Gasteiger partial charge is 0.461 e. The van der Waals surface area contributed by atoms with Crippen molar-refractivity contribution in [1.82, 2.24) is 9.44 Å². The number of fused-ring (bicyclic) bond motifs is 1. The molecule has 0 fully saturated rings. The normalized spacial score (nSPS) is 15.7. The molecular weight excluding hydrogens is 568 g/mol. The van der Waals surface area contributed by atoms with Gasteiger partial charge < -0.3 is 9.52 Å². The Bertz CT molecular complexity index is 1350. The summed E-state index contributed by atoms with van der Waals surface area (Å²) in [7, 11) is -2.65. The van der Waals surface area contributed by atoms with Gasteiger partial charge in [0.25, 0.3) is 5.92 Å². The minimum absolute atomic E-state index is 0.0155. The first kappa shape index (κ1) is 34.1. The van der Waals surface area contributed by atoms with Gasteiger partial charge in [0, 0.05) is 23.2 Å². The van der Waals surface area contributed by atoms with Gasteiger partial charge in [-0.3, -0.25) is 0 Å². The molecule has 0 amide bonds. The first-order valence-electron chi connectivity index (χ1n) is 12.6. The SMILES string of the molecule is C[C@@H](N[S@](=O)C(C)(C)C)c1cccc(C(F)(F)CO)c1F.C[C@@H](N[S@](=O)C(C)(C)C)c1cccc2c(F)coc12. The Morgan fingerprint density at radius 2 is 1.32 bits per heavy atom. The van der Waals surface area contributed by atoms with E-state index in [0.717, 1.165) is 17.9 Å². The van der Waals surface area contributed by atoms with Gasteiger partial charge in [-0.1, -0.05) is 24.3 Å². The van der Waals surface area contributed by atoms with Crippen LogP contribution in [0.1, 0.15) is 84.2 Å². The van der Waals surface area contributed by atoms with E-state index >= 15 is 0 Å². The van der Waals surface area contributed by atoms with Crippen LogP contribution in [-0.2, 0) is 27.9 Å². The predicted octanol–water partition coefficient (Wildman–Crippen LogP) is 6.71. The number of benzene rings is 2. The number of furan rings is 1. The van der Waals surface area contributed by atoms with E-state index in [9.17, 15) is 26.0 Å². The Morgan fingerprint density at radius 3 is 1.82 bits per heavy atom. The molecule has 1 heterocycles. The second kappa shape index (κ2) is 13.2. The summed E-state index contributed by atoms with van der Waals surface area (Å²) < 4.78 is 88.8. The zero-order valence-corrected chi connectivity index (χ0v) is 25.5. The number of hydrogen-bond acceptors (Lipinski definition) is 4. The van der Waals surface area contributed by atoms with Crippen molar-refractivity contribution < 1.29 is 35.5 Å². The van der Waals surface area contributed by atoms with E-state index in [1.807, 2.05) is 33.8 Å². The molecule has 0 aliphatic rings. The van der Waals surface area contributed by atoms with E-state index in [2.05, 4.69) is 9.44 Å². The molecule has 0 unspecified atom stereocenters. The van der Waals surface area contributed by atoms with Crippen LogP contribution in [0.4, 0.5) is 17.6 Å². The van der Waals surface area contributed by atoms with Crippen LogP contribution in [0.15, 0.2) is 47.1 Å². The van der Waals surface area contributed by atoms with Gasteiger partial charge >= 0.3 is 0 Å². The van der Waals surface area contributed by atoms with Gasteiger partial charge in [0.15, 0.2) is 5.82 Å². The zero-order chi connectivity index (χ0) is 30.6. The van der Waals surface area contributed by atoms with E-state index in [-0.39, 0.29) is 22.2 Å². The van der Waals surface area contributed by atoms with Crippen molar-refractivity contribution in [1.29, 1.82) is 0 Å². The number of nitrogens with one attached hydrogen (secondary N) is 2. The molecular formula is C28H38F4N2O4S2. The molecule has 0 radical (unpaired) electrons. The predicted molar refractivity (Wildman–Crippen MR) is 152 cm³/mol. The summed E-state index contributed by atoms with van der Waals surface area (Å²) in [6, 6.07) is 7.97. The summed E-state index contributed by atoms with van der Waals surface area (Å²) in [6.07, 6.45) is 1.10. The van der Waals surface area contributed by atoms with Gasteiger partial charge in [-0.15, -0.1) is 0 Å². The fourth-order valence-corrected chi connectivity index (χ4v) is 5.05. The molecule has 0 aliphatic carbocycles. The quantitative estimate of drug-likeness (QED) is 0.249. The highest BCUT2D eigenvalue weighted by molar-refractivity contribution is 7.84. The van der Waals surface area contributed by atoms with E-state index in [0.29, 0.717) is 11.0 Å².